The molecule has 220 valence electrons. The molecule has 0 fully saturated rings. The molecule has 2 amide bonds. The second kappa shape index (κ2) is 13.2. The van der Waals surface area contributed by atoms with E-state index in [0.29, 0.717) is 6.42 Å². The number of nitrogens with zero attached hydrogens (tertiary/aromatic N) is 2. The zero-order chi connectivity index (χ0) is 30.4. The Labute approximate surface area is 242 Å². The van der Waals surface area contributed by atoms with Crippen LogP contribution in [-0.2, 0) is 27.2 Å². The molecule has 0 aliphatic rings. The highest BCUT2D eigenvalue weighted by Gasteiger charge is 2.46. The van der Waals surface area contributed by atoms with Crippen LogP contribution >= 0.6 is 0 Å². The summed E-state index contributed by atoms with van der Waals surface area (Å²) in [5, 5.41) is 6.93. The minimum atomic E-state index is -1.61. The summed E-state index contributed by atoms with van der Waals surface area (Å²) >= 11 is 0. The van der Waals surface area contributed by atoms with E-state index in [1.807, 2.05) is 74.6 Å². The van der Waals surface area contributed by atoms with Crippen molar-refractivity contribution in [1.29, 1.82) is 0 Å². The Kier molecular flexibility index (Phi) is 10.3. The summed E-state index contributed by atoms with van der Waals surface area (Å²) in [7, 11) is 5.15. The Balaban J connectivity index is 1.99. The van der Waals surface area contributed by atoms with E-state index in [2.05, 4.69) is 10.3 Å². The van der Waals surface area contributed by atoms with E-state index in [1.54, 1.807) is 39.2 Å². The number of carbonyl (C=O) groups excluding carboxylic acids is 3. The van der Waals surface area contributed by atoms with Gasteiger partial charge >= 0.3 is 0 Å². The number of para-hydroxylation sites is 1. The molecule has 9 nitrogen and oxygen atoms in total. The van der Waals surface area contributed by atoms with Gasteiger partial charge in [0.2, 0.25) is 11.8 Å². The SMILES string of the molecule is CN(C)N(C)C(=O)[C@@H](Cc1ccccc1)C(C)(N)C(=O)[C@@H](Cc1c[nH]c2ccccc12)NC(=O)/C=C/CC(C)(C)N. The molecule has 0 saturated carbocycles. The highest BCUT2D eigenvalue weighted by molar-refractivity contribution is 6.01. The Morgan fingerprint density at radius 3 is 2.22 bits per heavy atom. The number of fused-ring (bicyclic) bond motifs is 1. The fourth-order valence-electron chi connectivity index (χ4n) is 4.79. The number of aromatic nitrogens is 1. The zero-order valence-electron chi connectivity index (χ0n) is 25.0. The number of hydrogen-bond acceptors (Lipinski definition) is 6. The predicted molar refractivity (Wildman–Crippen MR) is 164 cm³/mol. The summed E-state index contributed by atoms with van der Waals surface area (Å²) in [6.45, 7) is 5.33. The van der Waals surface area contributed by atoms with Gasteiger partial charge in [-0.25, -0.2) is 5.01 Å². The van der Waals surface area contributed by atoms with E-state index in [-0.39, 0.29) is 18.7 Å². The second-order valence-corrected chi connectivity index (χ2v) is 11.8. The van der Waals surface area contributed by atoms with Crippen molar-refractivity contribution in [2.24, 2.45) is 17.4 Å². The van der Waals surface area contributed by atoms with Gasteiger partial charge in [-0.1, -0.05) is 54.6 Å². The van der Waals surface area contributed by atoms with Crippen molar-refractivity contribution in [2.45, 2.75) is 57.2 Å². The smallest absolute Gasteiger partial charge is 0.244 e. The van der Waals surface area contributed by atoms with Gasteiger partial charge in [0.1, 0.15) is 0 Å². The average Bonchev–Trinajstić information content (AvgIpc) is 3.32. The van der Waals surface area contributed by atoms with Crippen LogP contribution in [0.15, 0.2) is 72.9 Å². The first-order valence-corrected chi connectivity index (χ1v) is 13.8. The molecule has 0 aliphatic heterocycles. The molecule has 3 atom stereocenters. The molecule has 1 heterocycles. The van der Waals surface area contributed by atoms with Crippen molar-refractivity contribution in [3.8, 4) is 0 Å². The standard InChI is InChI=1S/C32H44N6O3/c1-31(2,33)18-12-17-28(39)36-27(20-23-21-35-26-16-11-10-15-24(23)26)29(40)32(3,34)25(30(41)38(6)37(4)5)19-22-13-8-7-9-14-22/h7-17,21,25,27,35H,18-20,33-34H2,1-6H3,(H,36,39)/b17-12+/t25-,27-,32?/m1/s1. The van der Waals surface area contributed by atoms with Crippen molar-refractivity contribution in [1.82, 2.24) is 20.3 Å². The van der Waals surface area contributed by atoms with Gasteiger partial charge in [-0.15, -0.1) is 0 Å². The molecule has 0 bridgehead atoms. The topological polar surface area (TPSA) is 138 Å². The predicted octanol–water partition coefficient (Wildman–Crippen LogP) is 2.96. The van der Waals surface area contributed by atoms with Crippen LogP contribution in [0.3, 0.4) is 0 Å². The number of hydrogen-bond donors (Lipinski definition) is 4. The van der Waals surface area contributed by atoms with Gasteiger partial charge in [-0.3, -0.25) is 19.4 Å². The lowest BCUT2D eigenvalue weighted by Crippen LogP contribution is -2.63. The summed E-state index contributed by atoms with van der Waals surface area (Å²) in [6.07, 6.45) is 5.87. The molecule has 9 heteroatoms. The number of rotatable bonds is 13. The van der Waals surface area contributed by atoms with Crippen LogP contribution in [0.4, 0.5) is 0 Å². The molecule has 0 aliphatic carbocycles. The molecule has 3 rings (SSSR count). The Morgan fingerprint density at radius 2 is 1.59 bits per heavy atom. The number of hydrazine groups is 1. The fraction of sp³-hybridized carbons (Fsp3) is 0.406. The molecule has 41 heavy (non-hydrogen) atoms. The Hall–Kier alpha value is -3.79. The quantitative estimate of drug-likeness (QED) is 0.187. The summed E-state index contributed by atoms with van der Waals surface area (Å²) in [6, 6.07) is 16.3. The maximum atomic E-state index is 14.3. The normalized spacial score (nSPS) is 15.0. The first kappa shape index (κ1) is 31.7. The van der Waals surface area contributed by atoms with Crippen LogP contribution in [0, 0.1) is 5.92 Å². The number of nitrogens with one attached hydrogen (secondary N) is 2. The molecule has 3 aromatic rings. The molecule has 0 radical (unpaired) electrons. The molecule has 0 saturated heterocycles. The highest BCUT2D eigenvalue weighted by Crippen LogP contribution is 2.27. The molecule has 2 aromatic carbocycles. The maximum Gasteiger partial charge on any atom is 0.244 e. The lowest BCUT2D eigenvalue weighted by atomic mass is 9.75. The first-order chi connectivity index (χ1) is 19.2. The highest BCUT2D eigenvalue weighted by atomic mass is 16.2. The monoisotopic (exact) mass is 560 g/mol. The van der Waals surface area contributed by atoms with E-state index in [4.69, 9.17) is 11.5 Å². The third kappa shape index (κ3) is 8.36. The fourth-order valence-corrected chi connectivity index (χ4v) is 4.79. The van der Waals surface area contributed by atoms with E-state index >= 15 is 0 Å². The number of ketones is 1. The van der Waals surface area contributed by atoms with Gasteiger partial charge in [0, 0.05) is 50.2 Å². The van der Waals surface area contributed by atoms with Gasteiger partial charge in [0.25, 0.3) is 0 Å². The third-order valence-electron chi connectivity index (χ3n) is 7.40. The van der Waals surface area contributed by atoms with Crippen molar-refractivity contribution in [3.05, 3.63) is 84.1 Å². The second-order valence-electron chi connectivity index (χ2n) is 11.8. The third-order valence-corrected chi connectivity index (χ3v) is 7.40. The van der Waals surface area contributed by atoms with Crippen LogP contribution in [0.25, 0.3) is 10.9 Å². The van der Waals surface area contributed by atoms with E-state index < -0.39 is 34.7 Å². The molecule has 1 unspecified atom stereocenters. The molecule has 0 spiro atoms. The van der Waals surface area contributed by atoms with Crippen LogP contribution in [0.2, 0.25) is 0 Å². The zero-order valence-corrected chi connectivity index (χ0v) is 25.0. The molecule has 1 aromatic heterocycles. The number of amides is 2. The molecular formula is C32H44N6O3. The summed E-state index contributed by atoms with van der Waals surface area (Å²) in [5.74, 6) is -2.04. The lowest BCUT2D eigenvalue weighted by Gasteiger charge is -2.38. The summed E-state index contributed by atoms with van der Waals surface area (Å²) in [5.41, 5.74) is 13.5. The number of nitrogens with two attached hydrogens (primary N) is 2. The van der Waals surface area contributed by atoms with Crippen molar-refractivity contribution < 1.29 is 14.4 Å². The van der Waals surface area contributed by atoms with Crippen LogP contribution in [0.5, 0.6) is 0 Å². The van der Waals surface area contributed by atoms with E-state index in [9.17, 15) is 14.4 Å². The molecular weight excluding hydrogens is 516 g/mol. The minimum Gasteiger partial charge on any atom is -0.361 e. The first-order valence-electron chi connectivity index (χ1n) is 13.8. The van der Waals surface area contributed by atoms with Crippen LogP contribution in [-0.4, -0.2) is 70.9 Å². The molecule has 6 N–H and O–H groups in total. The number of Topliss-reactive ketones (excluding diaryl/α,β-unsaturated/α-hetero) is 1. The number of carbonyl (C=O) groups is 3. The van der Waals surface area contributed by atoms with Crippen molar-refractivity contribution >= 4 is 28.5 Å². The van der Waals surface area contributed by atoms with Gasteiger partial charge in [0.05, 0.1) is 17.5 Å². The average molecular weight is 561 g/mol. The number of benzene rings is 2. The van der Waals surface area contributed by atoms with E-state index in [1.165, 1.54) is 11.1 Å². The minimum absolute atomic E-state index is 0.202. The van der Waals surface area contributed by atoms with Gasteiger partial charge in [-0.05, 0) is 56.9 Å². The maximum absolute atomic E-state index is 14.3. The summed E-state index contributed by atoms with van der Waals surface area (Å²) in [4.78, 5) is 44.4. The summed E-state index contributed by atoms with van der Waals surface area (Å²) < 4.78 is 0. The Bertz CT molecular complexity index is 1370. The number of aromatic amines is 1. The van der Waals surface area contributed by atoms with Crippen LogP contribution < -0.4 is 16.8 Å². The largest absolute Gasteiger partial charge is 0.361 e. The van der Waals surface area contributed by atoms with E-state index in [0.717, 1.165) is 22.0 Å². The Morgan fingerprint density at radius 1 is 0.951 bits per heavy atom. The van der Waals surface area contributed by atoms with Gasteiger partial charge in [-0.2, -0.15) is 0 Å². The van der Waals surface area contributed by atoms with Gasteiger partial charge in [0.15, 0.2) is 5.78 Å². The van der Waals surface area contributed by atoms with Crippen molar-refractivity contribution in [3.63, 3.8) is 0 Å². The van der Waals surface area contributed by atoms with Gasteiger partial charge < -0.3 is 21.8 Å². The van der Waals surface area contributed by atoms with Crippen molar-refractivity contribution in [2.75, 3.05) is 21.1 Å². The number of H-pyrrole nitrogens is 1. The van der Waals surface area contributed by atoms with Crippen LogP contribution in [0.1, 0.15) is 38.3 Å². The lowest BCUT2D eigenvalue weighted by molar-refractivity contribution is -0.151.